The first-order chi connectivity index (χ1) is 22.1. The highest BCUT2D eigenvalue weighted by Gasteiger charge is 2.63. The summed E-state index contributed by atoms with van der Waals surface area (Å²) in [5, 5.41) is 16.1. The van der Waals surface area contributed by atoms with Crippen LogP contribution in [0.25, 0.3) is 0 Å². The lowest BCUT2D eigenvalue weighted by atomic mass is 9.77. The van der Waals surface area contributed by atoms with Gasteiger partial charge in [0.05, 0.1) is 12.1 Å². The number of carbonyl (C=O) groups is 3. The molecule has 2 aliphatic heterocycles. The van der Waals surface area contributed by atoms with E-state index in [1.165, 1.54) is 0 Å². The highest BCUT2D eigenvalue weighted by Crippen LogP contribution is 2.42. The summed E-state index contributed by atoms with van der Waals surface area (Å²) in [4.78, 5) is 41.3. The van der Waals surface area contributed by atoms with Crippen LogP contribution in [-0.4, -0.2) is 88.6 Å². The van der Waals surface area contributed by atoms with E-state index >= 15 is 0 Å². The number of likely N-dealkylation sites (tertiary alicyclic amines) is 1. The summed E-state index contributed by atoms with van der Waals surface area (Å²) < 4.78 is 74.9. The Morgan fingerprint density at radius 1 is 0.936 bits per heavy atom. The molecular formula is C33H39F5N4O5. The van der Waals surface area contributed by atoms with Gasteiger partial charge in [0.25, 0.3) is 5.91 Å². The molecule has 3 fully saturated rings. The Balaban J connectivity index is 1.25. The van der Waals surface area contributed by atoms with Crippen molar-refractivity contribution < 1.29 is 46.2 Å². The molecule has 1 atom stereocenters. The number of amides is 3. The molecule has 0 aromatic heterocycles. The largest absolute Gasteiger partial charge is 0.457 e. The average molecular weight is 667 g/mol. The van der Waals surface area contributed by atoms with Gasteiger partial charge in [-0.2, -0.15) is 22.0 Å². The van der Waals surface area contributed by atoms with E-state index < -0.39 is 47.6 Å². The second kappa shape index (κ2) is 13.4. The fourth-order valence-corrected chi connectivity index (χ4v) is 6.78. The maximum Gasteiger partial charge on any atom is 0.455 e. The third kappa shape index (κ3) is 7.53. The molecule has 3 amide bonds. The first-order valence-corrected chi connectivity index (χ1v) is 15.8. The molecule has 1 aliphatic carbocycles. The SMILES string of the molecule is CNC(=O)c1ccc(Oc2ccc(CN3CCC4(CC3)C(=O)N[C@H](CC3(O)CCCCC3)C(=O)N4CC(F)(F)C(F)(F)F)cc2)cc1. The third-order valence-corrected chi connectivity index (χ3v) is 9.54. The molecule has 3 N–H and O–H groups in total. The molecule has 2 heterocycles. The highest BCUT2D eigenvalue weighted by atomic mass is 19.4. The van der Waals surface area contributed by atoms with Crippen LogP contribution < -0.4 is 15.4 Å². The lowest BCUT2D eigenvalue weighted by Gasteiger charge is -2.53. The summed E-state index contributed by atoms with van der Waals surface area (Å²) in [6.07, 6.45) is -3.47. The number of carbonyl (C=O) groups excluding carboxylic acids is 3. The van der Waals surface area contributed by atoms with Crippen LogP contribution in [0.3, 0.4) is 0 Å². The molecule has 0 unspecified atom stereocenters. The zero-order valence-electron chi connectivity index (χ0n) is 26.0. The van der Waals surface area contributed by atoms with Gasteiger partial charge < -0.3 is 25.4 Å². The Morgan fingerprint density at radius 2 is 1.51 bits per heavy atom. The van der Waals surface area contributed by atoms with Crippen LogP contribution in [0.1, 0.15) is 67.3 Å². The fraction of sp³-hybridized carbons (Fsp3) is 0.545. The van der Waals surface area contributed by atoms with Crippen molar-refractivity contribution in [3.05, 3.63) is 59.7 Å². The molecule has 9 nitrogen and oxygen atoms in total. The van der Waals surface area contributed by atoms with Crippen molar-refractivity contribution in [2.45, 2.75) is 87.2 Å². The molecule has 14 heteroatoms. The van der Waals surface area contributed by atoms with Crippen LogP contribution in [0, 0.1) is 0 Å². The van der Waals surface area contributed by atoms with Gasteiger partial charge in [-0.15, -0.1) is 0 Å². The average Bonchev–Trinajstić information content (AvgIpc) is 3.03. The van der Waals surface area contributed by atoms with Gasteiger partial charge in [0, 0.05) is 38.7 Å². The van der Waals surface area contributed by atoms with Crippen LogP contribution >= 0.6 is 0 Å². The highest BCUT2D eigenvalue weighted by molar-refractivity contribution is 6.00. The number of piperidine rings is 1. The minimum absolute atomic E-state index is 0.136. The van der Waals surface area contributed by atoms with Crippen molar-refractivity contribution in [2.24, 2.45) is 0 Å². The quantitative estimate of drug-likeness (QED) is 0.333. The monoisotopic (exact) mass is 666 g/mol. The van der Waals surface area contributed by atoms with Gasteiger partial charge >= 0.3 is 12.1 Å². The van der Waals surface area contributed by atoms with E-state index in [0.29, 0.717) is 54.2 Å². The summed E-state index contributed by atoms with van der Waals surface area (Å²) in [6, 6.07) is 12.4. The third-order valence-electron chi connectivity index (χ3n) is 9.54. The number of nitrogens with zero attached hydrogens (tertiary/aromatic N) is 2. The van der Waals surface area contributed by atoms with Crippen molar-refractivity contribution >= 4 is 17.7 Å². The molecule has 3 aliphatic rings. The van der Waals surface area contributed by atoms with Crippen molar-refractivity contribution in [1.82, 2.24) is 20.4 Å². The lowest BCUT2D eigenvalue weighted by Crippen LogP contribution is -2.75. The summed E-state index contributed by atoms with van der Waals surface area (Å²) >= 11 is 0. The van der Waals surface area contributed by atoms with E-state index in [1.807, 2.05) is 17.0 Å². The van der Waals surface area contributed by atoms with Crippen LogP contribution in [0.15, 0.2) is 48.5 Å². The zero-order valence-corrected chi connectivity index (χ0v) is 26.0. The molecule has 2 saturated heterocycles. The van der Waals surface area contributed by atoms with Crippen LogP contribution in [0.5, 0.6) is 11.5 Å². The zero-order chi connectivity index (χ0) is 34.0. The maximum absolute atomic E-state index is 14.5. The van der Waals surface area contributed by atoms with Crippen molar-refractivity contribution in [2.75, 3.05) is 26.7 Å². The number of ether oxygens (including phenoxy) is 1. The molecular weight excluding hydrogens is 627 g/mol. The molecule has 5 rings (SSSR count). The number of hydrogen-bond acceptors (Lipinski definition) is 6. The molecule has 47 heavy (non-hydrogen) atoms. The molecule has 1 saturated carbocycles. The van der Waals surface area contributed by atoms with Gasteiger partial charge in [-0.25, -0.2) is 0 Å². The van der Waals surface area contributed by atoms with Gasteiger partial charge in [0.15, 0.2) is 0 Å². The molecule has 0 bridgehead atoms. The van der Waals surface area contributed by atoms with Crippen LogP contribution in [0.4, 0.5) is 22.0 Å². The molecule has 0 radical (unpaired) electrons. The van der Waals surface area contributed by atoms with Gasteiger partial charge in [-0.05, 0) is 67.6 Å². The summed E-state index contributed by atoms with van der Waals surface area (Å²) in [7, 11) is 1.54. The summed E-state index contributed by atoms with van der Waals surface area (Å²) in [6.45, 7) is -1.23. The Labute approximate surface area is 269 Å². The van der Waals surface area contributed by atoms with Gasteiger partial charge in [-0.1, -0.05) is 31.4 Å². The number of rotatable bonds is 9. The van der Waals surface area contributed by atoms with E-state index in [0.717, 1.165) is 12.0 Å². The topological polar surface area (TPSA) is 111 Å². The van der Waals surface area contributed by atoms with E-state index in [4.69, 9.17) is 4.74 Å². The maximum atomic E-state index is 14.5. The van der Waals surface area contributed by atoms with E-state index in [9.17, 15) is 41.4 Å². The number of benzene rings is 2. The fourth-order valence-electron chi connectivity index (χ4n) is 6.78. The smallest absolute Gasteiger partial charge is 0.455 e. The number of alkyl halides is 5. The molecule has 256 valence electrons. The number of aliphatic hydroxyl groups is 1. The Hall–Kier alpha value is -3.78. The van der Waals surface area contributed by atoms with Gasteiger partial charge in [0.2, 0.25) is 11.8 Å². The molecule has 2 aromatic carbocycles. The second-order valence-corrected chi connectivity index (χ2v) is 12.8. The first kappa shape index (κ1) is 34.6. The minimum atomic E-state index is -5.91. The summed E-state index contributed by atoms with van der Waals surface area (Å²) in [5.74, 6) is -6.17. The summed E-state index contributed by atoms with van der Waals surface area (Å²) in [5.41, 5.74) is -1.83. The van der Waals surface area contributed by atoms with Crippen molar-refractivity contribution in [3.8, 4) is 11.5 Å². The van der Waals surface area contributed by atoms with Crippen molar-refractivity contribution in [1.29, 1.82) is 0 Å². The minimum Gasteiger partial charge on any atom is -0.457 e. The van der Waals surface area contributed by atoms with Crippen molar-refractivity contribution in [3.63, 3.8) is 0 Å². The van der Waals surface area contributed by atoms with Gasteiger partial charge in [-0.3, -0.25) is 19.3 Å². The number of nitrogens with one attached hydrogen (secondary N) is 2. The first-order valence-electron chi connectivity index (χ1n) is 15.8. The molecule has 2 aromatic rings. The number of halogens is 5. The number of piperazine rings is 1. The molecule has 1 spiro atoms. The Kier molecular flexibility index (Phi) is 9.84. The van der Waals surface area contributed by atoms with Crippen LogP contribution in [-0.2, 0) is 16.1 Å². The second-order valence-electron chi connectivity index (χ2n) is 12.8. The van der Waals surface area contributed by atoms with E-state index in [2.05, 4.69) is 10.6 Å². The van der Waals surface area contributed by atoms with Gasteiger partial charge in [0.1, 0.15) is 23.1 Å². The normalized spacial score (nSPS) is 21.8. The van der Waals surface area contributed by atoms with E-state index in [1.54, 1.807) is 43.4 Å². The van der Waals surface area contributed by atoms with E-state index in [-0.39, 0.29) is 38.3 Å². The predicted molar refractivity (Wildman–Crippen MR) is 161 cm³/mol. The Bertz CT molecular complexity index is 1440. The Morgan fingerprint density at radius 3 is 2.06 bits per heavy atom. The van der Waals surface area contributed by atoms with Crippen LogP contribution in [0.2, 0.25) is 0 Å². The number of hydrogen-bond donors (Lipinski definition) is 3. The predicted octanol–water partition coefficient (Wildman–Crippen LogP) is 4.78. The lowest BCUT2D eigenvalue weighted by molar-refractivity contribution is -0.289. The standard InChI is InChI=1S/C33H39F5N4O5/c1-39-27(43)23-7-11-25(12-8-23)47-24-9-5-22(6-10-24)20-41-17-15-31(16-18-41)29(45)40-26(19-30(46)13-3-2-4-14-30)28(44)42(31)21-32(34,35)33(36,37)38/h5-12,26,46H,2-4,13-21H2,1H3,(H,39,43)(H,40,45)/t26-/m1/s1.